The lowest BCUT2D eigenvalue weighted by Gasteiger charge is -2.15. The highest BCUT2D eigenvalue weighted by Gasteiger charge is 2.21. The number of carbonyl (C=O) groups is 2. The second-order valence-corrected chi connectivity index (χ2v) is 7.94. The largest absolute Gasteiger partial charge is 0.495 e. The van der Waals surface area contributed by atoms with E-state index in [9.17, 15) is 18.0 Å². The molecule has 0 aromatic heterocycles. The minimum absolute atomic E-state index is 0.00342. The van der Waals surface area contributed by atoms with Crippen LogP contribution in [0.5, 0.6) is 5.75 Å². The smallest absolute Gasteiger partial charge is 0.338 e. The molecule has 2 rings (SSSR count). The van der Waals surface area contributed by atoms with E-state index in [0.29, 0.717) is 16.5 Å². The summed E-state index contributed by atoms with van der Waals surface area (Å²) in [5.41, 5.74) is 0.321. The Hall–Kier alpha value is -2.62. The molecule has 2 aromatic rings. The summed E-state index contributed by atoms with van der Waals surface area (Å²) in [6, 6.07) is 9.99. The van der Waals surface area contributed by atoms with Gasteiger partial charge < -0.3 is 14.8 Å². The Bertz CT molecular complexity index is 993. The molecule has 2 aromatic carbocycles. The molecule has 0 unspecified atom stereocenters. The van der Waals surface area contributed by atoms with Crippen molar-refractivity contribution in [3.8, 4) is 5.75 Å². The first-order valence-electron chi connectivity index (χ1n) is 8.07. The SMILES string of the molecule is CNS(=O)(=O)c1cccc(C(=O)O[C@H](C)C(=O)Nc2cc(Cl)ccc2OC)c1. The Labute approximate surface area is 167 Å². The maximum Gasteiger partial charge on any atom is 0.338 e. The van der Waals surface area contributed by atoms with Gasteiger partial charge in [0.2, 0.25) is 10.0 Å². The fourth-order valence-electron chi connectivity index (χ4n) is 2.20. The zero-order valence-electron chi connectivity index (χ0n) is 15.4. The summed E-state index contributed by atoms with van der Waals surface area (Å²) in [5, 5.41) is 2.96. The molecule has 0 radical (unpaired) electrons. The Balaban J connectivity index is 2.11. The molecule has 0 aliphatic rings. The van der Waals surface area contributed by atoms with E-state index in [1.54, 1.807) is 12.1 Å². The van der Waals surface area contributed by atoms with Crippen molar-refractivity contribution in [2.45, 2.75) is 17.9 Å². The third-order valence-electron chi connectivity index (χ3n) is 3.72. The highest BCUT2D eigenvalue weighted by Crippen LogP contribution is 2.27. The van der Waals surface area contributed by atoms with Crippen molar-refractivity contribution in [2.24, 2.45) is 0 Å². The van der Waals surface area contributed by atoms with Crippen LogP contribution in [-0.2, 0) is 19.6 Å². The number of esters is 1. The van der Waals surface area contributed by atoms with Gasteiger partial charge in [-0.2, -0.15) is 0 Å². The van der Waals surface area contributed by atoms with E-state index < -0.39 is 28.0 Å². The van der Waals surface area contributed by atoms with Gasteiger partial charge in [-0.25, -0.2) is 17.9 Å². The summed E-state index contributed by atoms with van der Waals surface area (Å²) in [5.74, 6) is -1.05. The van der Waals surface area contributed by atoms with E-state index >= 15 is 0 Å². The van der Waals surface area contributed by atoms with Gasteiger partial charge in [0.05, 0.1) is 23.3 Å². The van der Waals surface area contributed by atoms with Crippen LogP contribution in [0.1, 0.15) is 17.3 Å². The number of amides is 1. The van der Waals surface area contributed by atoms with E-state index in [2.05, 4.69) is 10.0 Å². The second-order valence-electron chi connectivity index (χ2n) is 5.62. The maximum atomic E-state index is 12.3. The number of methoxy groups -OCH3 is 1. The van der Waals surface area contributed by atoms with Crippen molar-refractivity contribution in [1.82, 2.24) is 4.72 Å². The van der Waals surface area contributed by atoms with E-state index in [-0.39, 0.29) is 10.5 Å². The van der Waals surface area contributed by atoms with Crippen LogP contribution in [0.3, 0.4) is 0 Å². The van der Waals surface area contributed by atoms with Crippen LogP contribution in [0, 0.1) is 0 Å². The van der Waals surface area contributed by atoms with Crippen LogP contribution >= 0.6 is 11.6 Å². The summed E-state index contributed by atoms with van der Waals surface area (Å²) in [6.07, 6.45) is -1.15. The molecule has 0 bridgehead atoms. The Morgan fingerprint density at radius 1 is 1.14 bits per heavy atom. The summed E-state index contributed by atoms with van der Waals surface area (Å²) in [6.45, 7) is 1.39. The molecule has 0 fully saturated rings. The number of hydrogen-bond acceptors (Lipinski definition) is 6. The molecule has 0 aliphatic heterocycles. The highest BCUT2D eigenvalue weighted by atomic mass is 35.5. The normalized spacial score (nSPS) is 12.1. The average molecular weight is 427 g/mol. The van der Waals surface area contributed by atoms with Gasteiger partial charge in [0.1, 0.15) is 5.75 Å². The second kappa shape index (κ2) is 9.05. The third-order valence-corrected chi connectivity index (χ3v) is 5.37. The number of anilines is 1. The number of benzene rings is 2. The fraction of sp³-hybridized carbons (Fsp3) is 0.222. The standard InChI is InChI=1S/C18H19ClN2O6S/c1-11(17(22)21-15-10-13(19)7-8-16(15)26-3)27-18(23)12-5-4-6-14(9-12)28(24,25)20-2/h4-11,20H,1-3H3,(H,21,22)/t11-/m1/s1. The number of hydrogen-bond donors (Lipinski definition) is 2. The average Bonchev–Trinajstić information content (AvgIpc) is 2.68. The van der Waals surface area contributed by atoms with Crippen molar-refractivity contribution in [2.75, 3.05) is 19.5 Å². The highest BCUT2D eigenvalue weighted by molar-refractivity contribution is 7.89. The van der Waals surface area contributed by atoms with Gasteiger partial charge >= 0.3 is 5.97 Å². The van der Waals surface area contributed by atoms with Crippen LogP contribution in [0.15, 0.2) is 47.4 Å². The van der Waals surface area contributed by atoms with Gasteiger partial charge in [-0.05, 0) is 50.4 Å². The minimum atomic E-state index is -3.71. The van der Waals surface area contributed by atoms with E-state index in [4.69, 9.17) is 21.1 Å². The summed E-state index contributed by atoms with van der Waals surface area (Å²) in [4.78, 5) is 24.5. The lowest BCUT2D eigenvalue weighted by atomic mass is 10.2. The van der Waals surface area contributed by atoms with Gasteiger partial charge in [-0.3, -0.25) is 4.79 Å². The molecule has 10 heteroatoms. The molecule has 0 aliphatic carbocycles. The van der Waals surface area contributed by atoms with Gasteiger partial charge in [0.25, 0.3) is 5.91 Å². The minimum Gasteiger partial charge on any atom is -0.495 e. The fourth-order valence-corrected chi connectivity index (χ4v) is 3.15. The number of carbonyl (C=O) groups excluding carboxylic acids is 2. The predicted octanol–water partition coefficient (Wildman–Crippen LogP) is 2.44. The number of halogens is 1. The predicted molar refractivity (Wildman–Crippen MR) is 104 cm³/mol. The van der Waals surface area contributed by atoms with Crippen molar-refractivity contribution in [3.63, 3.8) is 0 Å². The molecule has 0 saturated carbocycles. The van der Waals surface area contributed by atoms with Crippen LogP contribution in [0.25, 0.3) is 0 Å². The maximum absolute atomic E-state index is 12.3. The number of rotatable bonds is 7. The summed E-state index contributed by atoms with van der Waals surface area (Å²) < 4.78 is 36.1. The molecule has 1 amide bonds. The lowest BCUT2D eigenvalue weighted by molar-refractivity contribution is -0.123. The number of sulfonamides is 1. The monoisotopic (exact) mass is 426 g/mol. The molecule has 28 heavy (non-hydrogen) atoms. The molecule has 0 spiro atoms. The van der Waals surface area contributed by atoms with E-state index in [0.717, 1.165) is 0 Å². The van der Waals surface area contributed by atoms with Crippen molar-refractivity contribution in [3.05, 3.63) is 53.1 Å². The topological polar surface area (TPSA) is 111 Å². The third kappa shape index (κ3) is 5.22. The van der Waals surface area contributed by atoms with Crippen LogP contribution in [-0.4, -0.2) is 40.6 Å². The van der Waals surface area contributed by atoms with Gasteiger partial charge in [-0.1, -0.05) is 17.7 Å². The van der Waals surface area contributed by atoms with Crippen molar-refractivity contribution < 1.29 is 27.5 Å². The lowest BCUT2D eigenvalue weighted by Crippen LogP contribution is -2.30. The Morgan fingerprint density at radius 2 is 1.86 bits per heavy atom. The zero-order chi connectivity index (χ0) is 20.9. The van der Waals surface area contributed by atoms with Crippen LogP contribution < -0.4 is 14.8 Å². The van der Waals surface area contributed by atoms with Crippen LogP contribution in [0.4, 0.5) is 5.69 Å². The van der Waals surface area contributed by atoms with Crippen molar-refractivity contribution >= 4 is 39.2 Å². The molecular formula is C18H19ClN2O6S. The summed E-state index contributed by atoms with van der Waals surface area (Å²) in [7, 11) is -1.02. The van der Waals surface area contributed by atoms with E-state index in [1.165, 1.54) is 51.4 Å². The first kappa shape index (κ1) is 21.7. The molecule has 8 nitrogen and oxygen atoms in total. The molecule has 0 saturated heterocycles. The van der Waals surface area contributed by atoms with Gasteiger partial charge in [0, 0.05) is 5.02 Å². The van der Waals surface area contributed by atoms with Gasteiger partial charge in [0.15, 0.2) is 6.10 Å². The number of nitrogens with one attached hydrogen (secondary N) is 2. The Kier molecular flexibility index (Phi) is 7.00. The van der Waals surface area contributed by atoms with Crippen molar-refractivity contribution in [1.29, 1.82) is 0 Å². The molecule has 150 valence electrons. The summed E-state index contributed by atoms with van der Waals surface area (Å²) >= 11 is 5.92. The molecule has 0 heterocycles. The first-order valence-corrected chi connectivity index (χ1v) is 9.93. The Morgan fingerprint density at radius 3 is 2.50 bits per heavy atom. The molecule has 2 N–H and O–H groups in total. The molecule has 1 atom stereocenters. The van der Waals surface area contributed by atoms with Crippen LogP contribution in [0.2, 0.25) is 5.02 Å². The first-order chi connectivity index (χ1) is 13.2. The van der Waals surface area contributed by atoms with E-state index in [1.807, 2.05) is 0 Å². The van der Waals surface area contributed by atoms with Gasteiger partial charge in [-0.15, -0.1) is 0 Å². The number of ether oxygens (including phenoxy) is 2. The quantitative estimate of drug-likeness (QED) is 0.658. The molecular weight excluding hydrogens is 408 g/mol. The zero-order valence-corrected chi connectivity index (χ0v) is 16.9.